The van der Waals surface area contributed by atoms with E-state index in [2.05, 4.69) is 45.9 Å². The fourth-order valence-corrected chi connectivity index (χ4v) is 8.43. The molecule has 178 valence electrons. The molecule has 0 aliphatic heterocycles. The molecular weight excluding hydrogens is 412 g/mol. The lowest BCUT2D eigenvalue weighted by molar-refractivity contribution is -0.188. The van der Waals surface area contributed by atoms with E-state index in [9.17, 15) is 20.1 Å². The maximum Gasteiger partial charge on any atom is 0.309 e. The lowest BCUT2D eigenvalue weighted by Crippen LogP contribution is -2.63. The van der Waals surface area contributed by atoms with Gasteiger partial charge in [-0.2, -0.15) is 0 Å². The highest BCUT2D eigenvalue weighted by Crippen LogP contribution is 2.76. The Morgan fingerprint density at radius 1 is 1.03 bits per heavy atom. The SMILES string of the molecule is Cc1c(O)c(O)cc2c1C=C[C@]1(C)C2=CC[C@@]2(C)[C@@H]3C[C@](C)(C(=O)O)CC[C@]3(C)CC[C@@]21C. The summed E-state index contributed by atoms with van der Waals surface area (Å²) in [6, 6.07) is 1.73. The number of benzene rings is 1. The van der Waals surface area contributed by atoms with Gasteiger partial charge in [-0.05, 0) is 97.3 Å². The van der Waals surface area contributed by atoms with Gasteiger partial charge in [0.15, 0.2) is 11.5 Å². The standard InChI is InChI=1S/C29H38O4/c1-17-18-7-9-27(4)20(19(18)15-21(30)23(17)31)8-10-28(5)22-16-26(3,24(32)33)12-11-25(22,2)13-14-29(27,28)6/h7-9,15,22,30-31H,10-14,16H2,1-6H3,(H,32,33)/t22-,25-,26-,27-,28+,29-/m1/s1. The summed E-state index contributed by atoms with van der Waals surface area (Å²) >= 11 is 0. The first-order valence-corrected chi connectivity index (χ1v) is 12.4. The third-order valence-electron chi connectivity index (χ3n) is 11.4. The molecule has 0 saturated heterocycles. The van der Waals surface area contributed by atoms with Crippen molar-refractivity contribution >= 4 is 17.6 Å². The topological polar surface area (TPSA) is 77.8 Å². The number of allylic oxidation sites excluding steroid dienone is 3. The van der Waals surface area contributed by atoms with Crippen LogP contribution in [0.15, 0.2) is 18.2 Å². The molecule has 2 saturated carbocycles. The van der Waals surface area contributed by atoms with Crippen molar-refractivity contribution in [2.24, 2.45) is 33.0 Å². The number of aliphatic carboxylic acids is 1. The first-order chi connectivity index (χ1) is 15.2. The highest BCUT2D eigenvalue weighted by molar-refractivity contribution is 5.87. The van der Waals surface area contributed by atoms with Gasteiger partial charge in [0.05, 0.1) is 5.41 Å². The van der Waals surface area contributed by atoms with Gasteiger partial charge in [-0.3, -0.25) is 4.79 Å². The number of phenolic OH excluding ortho intramolecular Hbond substituents is 2. The van der Waals surface area contributed by atoms with Crippen LogP contribution in [-0.4, -0.2) is 21.3 Å². The number of hydrogen-bond donors (Lipinski definition) is 3. The number of hydrogen-bond acceptors (Lipinski definition) is 3. The summed E-state index contributed by atoms with van der Waals surface area (Å²) < 4.78 is 0. The van der Waals surface area contributed by atoms with Crippen molar-refractivity contribution in [3.05, 3.63) is 34.9 Å². The van der Waals surface area contributed by atoms with Gasteiger partial charge in [0.2, 0.25) is 0 Å². The van der Waals surface area contributed by atoms with Crippen LogP contribution in [0, 0.1) is 39.9 Å². The summed E-state index contributed by atoms with van der Waals surface area (Å²) in [4.78, 5) is 12.3. The second-order valence-electron chi connectivity index (χ2n) is 12.7. The highest BCUT2D eigenvalue weighted by Gasteiger charge is 2.68. The second kappa shape index (κ2) is 6.46. The molecule has 2 fully saturated rings. The van der Waals surface area contributed by atoms with E-state index in [-0.39, 0.29) is 33.2 Å². The van der Waals surface area contributed by atoms with Gasteiger partial charge >= 0.3 is 5.97 Å². The van der Waals surface area contributed by atoms with E-state index in [0.717, 1.165) is 49.7 Å². The second-order valence-corrected chi connectivity index (χ2v) is 12.7. The van der Waals surface area contributed by atoms with Crippen LogP contribution >= 0.6 is 0 Å². The third kappa shape index (κ3) is 2.56. The van der Waals surface area contributed by atoms with Gasteiger partial charge in [0, 0.05) is 11.0 Å². The number of carbonyl (C=O) groups is 1. The molecular formula is C29H38O4. The molecule has 0 aromatic heterocycles. The van der Waals surface area contributed by atoms with E-state index < -0.39 is 11.4 Å². The Balaban J connectivity index is 1.68. The van der Waals surface area contributed by atoms with Gasteiger partial charge < -0.3 is 15.3 Å². The van der Waals surface area contributed by atoms with Crippen LogP contribution in [0.1, 0.15) is 89.8 Å². The van der Waals surface area contributed by atoms with Crippen molar-refractivity contribution in [2.45, 2.75) is 80.1 Å². The van der Waals surface area contributed by atoms with Crippen molar-refractivity contribution < 1.29 is 20.1 Å². The Kier molecular flexibility index (Phi) is 4.41. The molecule has 6 atom stereocenters. The summed E-state index contributed by atoms with van der Waals surface area (Å²) in [5.74, 6) is -0.434. The Bertz CT molecular complexity index is 1130. The van der Waals surface area contributed by atoms with Gasteiger partial charge in [0.25, 0.3) is 0 Å². The Hall–Kier alpha value is -2.23. The van der Waals surface area contributed by atoms with Crippen molar-refractivity contribution in [1.82, 2.24) is 0 Å². The predicted octanol–water partition coefficient (Wildman–Crippen LogP) is 6.93. The van der Waals surface area contributed by atoms with Crippen LogP contribution in [0.5, 0.6) is 11.5 Å². The summed E-state index contributed by atoms with van der Waals surface area (Å²) in [5.41, 5.74) is 3.13. The lowest BCUT2D eigenvalue weighted by atomic mass is 9.33. The van der Waals surface area contributed by atoms with Gasteiger partial charge in [-0.1, -0.05) is 45.9 Å². The molecule has 4 heteroatoms. The van der Waals surface area contributed by atoms with E-state index in [4.69, 9.17) is 0 Å². The van der Waals surface area contributed by atoms with Crippen LogP contribution in [-0.2, 0) is 4.79 Å². The zero-order valence-corrected chi connectivity index (χ0v) is 20.9. The maximum absolute atomic E-state index is 12.3. The summed E-state index contributed by atoms with van der Waals surface area (Å²) in [6.07, 6.45) is 12.4. The van der Waals surface area contributed by atoms with Crippen LogP contribution in [0.3, 0.4) is 0 Å². The molecule has 3 N–H and O–H groups in total. The van der Waals surface area contributed by atoms with Gasteiger partial charge in [-0.25, -0.2) is 0 Å². The molecule has 33 heavy (non-hydrogen) atoms. The maximum atomic E-state index is 12.3. The number of rotatable bonds is 1. The van der Waals surface area contributed by atoms with E-state index in [1.807, 2.05) is 13.8 Å². The minimum atomic E-state index is -0.661. The lowest BCUT2D eigenvalue weighted by Gasteiger charge is -2.70. The van der Waals surface area contributed by atoms with E-state index >= 15 is 0 Å². The average Bonchev–Trinajstić information content (AvgIpc) is 2.75. The molecule has 0 radical (unpaired) electrons. The number of phenols is 2. The largest absolute Gasteiger partial charge is 0.504 e. The number of carboxylic acids is 1. The minimum absolute atomic E-state index is 0.0365. The minimum Gasteiger partial charge on any atom is -0.504 e. The van der Waals surface area contributed by atoms with E-state index in [1.165, 1.54) is 5.57 Å². The molecule has 4 aliphatic rings. The Morgan fingerprint density at radius 3 is 2.36 bits per heavy atom. The summed E-state index contributed by atoms with van der Waals surface area (Å²) in [5, 5.41) is 30.8. The fourth-order valence-electron chi connectivity index (χ4n) is 8.43. The first kappa shape index (κ1) is 22.6. The normalized spacial score (nSPS) is 43.6. The van der Waals surface area contributed by atoms with E-state index in [1.54, 1.807) is 6.07 Å². The number of carboxylic acid groups (broad SMARTS) is 1. The molecule has 0 spiro atoms. The number of aromatic hydroxyl groups is 2. The van der Waals surface area contributed by atoms with Crippen LogP contribution < -0.4 is 0 Å². The van der Waals surface area contributed by atoms with Crippen molar-refractivity contribution in [2.75, 3.05) is 0 Å². The highest BCUT2D eigenvalue weighted by atomic mass is 16.4. The molecule has 4 aliphatic carbocycles. The molecule has 0 amide bonds. The Labute approximate surface area is 197 Å². The zero-order valence-electron chi connectivity index (χ0n) is 20.9. The molecule has 1 aromatic carbocycles. The monoisotopic (exact) mass is 450 g/mol. The first-order valence-electron chi connectivity index (χ1n) is 12.4. The van der Waals surface area contributed by atoms with Crippen molar-refractivity contribution in [3.63, 3.8) is 0 Å². The van der Waals surface area contributed by atoms with Crippen molar-refractivity contribution in [1.29, 1.82) is 0 Å². The molecule has 0 bridgehead atoms. The van der Waals surface area contributed by atoms with E-state index in [0.29, 0.717) is 11.5 Å². The molecule has 0 unspecified atom stereocenters. The fraction of sp³-hybridized carbons (Fsp3) is 0.621. The van der Waals surface area contributed by atoms with Crippen molar-refractivity contribution in [3.8, 4) is 11.5 Å². The Morgan fingerprint density at radius 2 is 1.70 bits per heavy atom. The summed E-state index contributed by atoms with van der Waals surface area (Å²) in [7, 11) is 0. The molecule has 5 rings (SSSR count). The van der Waals surface area contributed by atoms with Crippen LogP contribution in [0.4, 0.5) is 0 Å². The van der Waals surface area contributed by atoms with Crippen LogP contribution in [0.25, 0.3) is 11.6 Å². The molecule has 0 heterocycles. The smallest absolute Gasteiger partial charge is 0.309 e. The molecule has 4 nitrogen and oxygen atoms in total. The molecule has 1 aromatic rings. The zero-order chi connectivity index (χ0) is 24.2. The van der Waals surface area contributed by atoms with Crippen LogP contribution in [0.2, 0.25) is 0 Å². The average molecular weight is 451 g/mol. The van der Waals surface area contributed by atoms with Gasteiger partial charge in [0.1, 0.15) is 0 Å². The third-order valence-corrected chi connectivity index (χ3v) is 11.4. The quantitative estimate of drug-likeness (QED) is 0.405. The van der Waals surface area contributed by atoms with Gasteiger partial charge in [-0.15, -0.1) is 0 Å². The predicted molar refractivity (Wildman–Crippen MR) is 131 cm³/mol. The number of fused-ring (bicyclic) bond motifs is 7. The summed E-state index contributed by atoms with van der Waals surface area (Å²) in [6.45, 7) is 13.4.